The zero-order valence-electron chi connectivity index (χ0n) is 11.3. The summed E-state index contributed by atoms with van der Waals surface area (Å²) >= 11 is 0. The fraction of sp³-hybridized carbons (Fsp3) is 0.571. The molecule has 108 valence electrons. The van der Waals surface area contributed by atoms with E-state index in [-0.39, 0.29) is 31.1 Å². The first-order chi connectivity index (χ1) is 9.13. The first-order valence-corrected chi connectivity index (χ1v) is 6.60. The Morgan fingerprint density at radius 1 is 1.26 bits per heavy atom. The molecule has 2 unspecified atom stereocenters. The van der Waals surface area contributed by atoms with Crippen molar-refractivity contribution < 1.29 is 14.6 Å². The summed E-state index contributed by atoms with van der Waals surface area (Å²) in [5, 5.41) is 18.3. The van der Waals surface area contributed by atoms with Crippen LogP contribution in [-0.4, -0.2) is 47.5 Å². The van der Waals surface area contributed by atoms with Crippen LogP contribution in [0.15, 0.2) is 24.3 Å². The van der Waals surface area contributed by atoms with Gasteiger partial charge in [-0.05, 0) is 24.1 Å². The summed E-state index contributed by atoms with van der Waals surface area (Å²) in [6.07, 6.45) is 0.731. The highest BCUT2D eigenvalue weighted by Gasteiger charge is 2.25. The van der Waals surface area contributed by atoms with Crippen molar-refractivity contribution in [2.75, 3.05) is 26.3 Å². The second kappa shape index (κ2) is 8.22. The first kappa shape index (κ1) is 16.0. The Morgan fingerprint density at radius 2 is 1.89 bits per heavy atom. The van der Waals surface area contributed by atoms with Gasteiger partial charge in [-0.2, -0.15) is 0 Å². The van der Waals surface area contributed by atoms with Crippen LogP contribution in [0, 0.1) is 5.82 Å². The topological polar surface area (TPSA) is 69.7 Å². The van der Waals surface area contributed by atoms with Gasteiger partial charge in [-0.3, -0.25) is 4.90 Å². The molecular weight excluding hydrogens is 247 g/mol. The summed E-state index contributed by atoms with van der Waals surface area (Å²) in [4.78, 5) is 1.89. The SMILES string of the molecule is CCC(N)C(c1cccc(F)c1)N(CCO)CCO. The molecule has 0 radical (unpaired) electrons. The minimum atomic E-state index is -0.307. The largest absolute Gasteiger partial charge is 0.395 e. The molecular formula is C14H23FN2O2. The average molecular weight is 270 g/mol. The fourth-order valence-corrected chi connectivity index (χ4v) is 2.29. The third-order valence-electron chi connectivity index (χ3n) is 3.23. The van der Waals surface area contributed by atoms with E-state index in [0.29, 0.717) is 13.1 Å². The van der Waals surface area contributed by atoms with E-state index in [1.54, 1.807) is 6.07 Å². The Balaban J connectivity index is 3.04. The Hall–Kier alpha value is -1.01. The van der Waals surface area contributed by atoms with E-state index in [0.717, 1.165) is 12.0 Å². The van der Waals surface area contributed by atoms with E-state index < -0.39 is 0 Å². The van der Waals surface area contributed by atoms with Crippen LogP contribution >= 0.6 is 0 Å². The maximum Gasteiger partial charge on any atom is 0.123 e. The molecule has 0 aromatic heterocycles. The van der Waals surface area contributed by atoms with Crippen molar-refractivity contribution >= 4 is 0 Å². The smallest absolute Gasteiger partial charge is 0.123 e. The van der Waals surface area contributed by atoms with E-state index in [2.05, 4.69) is 0 Å². The van der Waals surface area contributed by atoms with Gasteiger partial charge >= 0.3 is 0 Å². The lowest BCUT2D eigenvalue weighted by Crippen LogP contribution is -2.43. The lowest BCUT2D eigenvalue weighted by atomic mass is 9.96. The van der Waals surface area contributed by atoms with Crippen molar-refractivity contribution in [3.63, 3.8) is 0 Å². The standard InChI is InChI=1S/C14H23FN2O2/c1-2-13(16)14(17(6-8-18)7-9-19)11-4-3-5-12(15)10-11/h3-5,10,13-14,18-19H,2,6-9,16H2,1H3. The predicted molar refractivity (Wildman–Crippen MR) is 73.2 cm³/mol. The van der Waals surface area contributed by atoms with Crippen LogP contribution in [0.1, 0.15) is 24.9 Å². The van der Waals surface area contributed by atoms with Gasteiger partial charge in [-0.15, -0.1) is 0 Å². The Labute approximate surface area is 113 Å². The summed E-state index contributed by atoms with van der Waals surface area (Å²) < 4.78 is 13.4. The van der Waals surface area contributed by atoms with Crippen LogP contribution in [0.25, 0.3) is 0 Å². The molecule has 1 rings (SSSR count). The molecule has 0 amide bonds. The normalized spacial score (nSPS) is 14.6. The number of aliphatic hydroxyl groups is 2. The number of halogens is 1. The van der Waals surface area contributed by atoms with Gasteiger partial charge in [0.15, 0.2) is 0 Å². The molecule has 0 saturated heterocycles. The van der Waals surface area contributed by atoms with Crippen molar-refractivity contribution in [3.05, 3.63) is 35.6 Å². The van der Waals surface area contributed by atoms with Crippen LogP contribution in [0.4, 0.5) is 4.39 Å². The summed E-state index contributed by atoms with van der Waals surface area (Å²) in [5.74, 6) is -0.307. The van der Waals surface area contributed by atoms with Gasteiger partial charge in [0.1, 0.15) is 5.82 Å². The van der Waals surface area contributed by atoms with Gasteiger partial charge < -0.3 is 15.9 Å². The second-order valence-electron chi connectivity index (χ2n) is 4.56. The van der Waals surface area contributed by atoms with Gasteiger partial charge in [0.2, 0.25) is 0 Å². The van der Waals surface area contributed by atoms with E-state index in [1.807, 2.05) is 17.9 Å². The van der Waals surface area contributed by atoms with E-state index >= 15 is 0 Å². The first-order valence-electron chi connectivity index (χ1n) is 6.60. The lowest BCUT2D eigenvalue weighted by molar-refractivity contribution is 0.107. The molecule has 0 saturated carbocycles. The van der Waals surface area contributed by atoms with Crippen LogP contribution in [-0.2, 0) is 0 Å². The maximum atomic E-state index is 13.4. The second-order valence-corrected chi connectivity index (χ2v) is 4.56. The molecule has 0 spiro atoms. The van der Waals surface area contributed by atoms with Crippen molar-refractivity contribution in [3.8, 4) is 0 Å². The monoisotopic (exact) mass is 270 g/mol. The molecule has 0 aliphatic carbocycles. The Kier molecular flexibility index (Phi) is 6.94. The van der Waals surface area contributed by atoms with Crippen molar-refractivity contribution in [1.82, 2.24) is 4.90 Å². The van der Waals surface area contributed by atoms with Crippen LogP contribution in [0.5, 0.6) is 0 Å². The van der Waals surface area contributed by atoms with Crippen molar-refractivity contribution in [2.24, 2.45) is 5.73 Å². The zero-order valence-corrected chi connectivity index (χ0v) is 11.3. The summed E-state index contributed by atoms with van der Waals surface area (Å²) in [6.45, 7) is 2.71. The molecule has 5 heteroatoms. The zero-order chi connectivity index (χ0) is 14.3. The van der Waals surface area contributed by atoms with Crippen molar-refractivity contribution in [2.45, 2.75) is 25.4 Å². The number of benzene rings is 1. The number of rotatable bonds is 8. The highest BCUT2D eigenvalue weighted by atomic mass is 19.1. The quantitative estimate of drug-likeness (QED) is 0.656. The number of hydrogen-bond acceptors (Lipinski definition) is 4. The lowest BCUT2D eigenvalue weighted by Gasteiger charge is -2.35. The molecule has 0 aliphatic heterocycles. The van der Waals surface area contributed by atoms with Crippen LogP contribution in [0.3, 0.4) is 0 Å². The van der Waals surface area contributed by atoms with Gasteiger partial charge in [0.05, 0.1) is 19.3 Å². The number of aliphatic hydroxyl groups excluding tert-OH is 2. The summed E-state index contributed by atoms with van der Waals surface area (Å²) in [5.41, 5.74) is 6.91. The van der Waals surface area contributed by atoms with Gasteiger partial charge in [0.25, 0.3) is 0 Å². The molecule has 4 N–H and O–H groups in total. The minimum absolute atomic E-state index is 0.0255. The number of nitrogens with zero attached hydrogens (tertiary/aromatic N) is 1. The highest BCUT2D eigenvalue weighted by molar-refractivity contribution is 5.22. The Morgan fingerprint density at radius 3 is 2.37 bits per heavy atom. The van der Waals surface area contributed by atoms with Crippen LogP contribution in [0.2, 0.25) is 0 Å². The number of nitrogens with two attached hydrogens (primary N) is 1. The third-order valence-corrected chi connectivity index (χ3v) is 3.23. The predicted octanol–water partition coefficient (Wildman–Crippen LogP) is 0.891. The molecule has 1 aromatic carbocycles. The average Bonchev–Trinajstić information content (AvgIpc) is 2.39. The fourth-order valence-electron chi connectivity index (χ4n) is 2.29. The molecule has 1 aromatic rings. The Bertz CT molecular complexity index is 370. The maximum absolute atomic E-state index is 13.4. The summed E-state index contributed by atoms with van der Waals surface area (Å²) in [7, 11) is 0. The van der Waals surface area contributed by atoms with E-state index in [1.165, 1.54) is 12.1 Å². The van der Waals surface area contributed by atoms with Crippen LogP contribution < -0.4 is 5.73 Å². The van der Waals surface area contributed by atoms with Crippen molar-refractivity contribution in [1.29, 1.82) is 0 Å². The number of hydrogen-bond donors (Lipinski definition) is 3. The minimum Gasteiger partial charge on any atom is -0.395 e. The molecule has 19 heavy (non-hydrogen) atoms. The molecule has 0 aliphatic rings. The molecule has 0 bridgehead atoms. The third kappa shape index (κ3) is 4.54. The van der Waals surface area contributed by atoms with Gasteiger partial charge in [-0.25, -0.2) is 4.39 Å². The van der Waals surface area contributed by atoms with Gasteiger partial charge in [-0.1, -0.05) is 19.1 Å². The van der Waals surface area contributed by atoms with E-state index in [4.69, 9.17) is 15.9 Å². The molecule has 0 fully saturated rings. The molecule has 4 nitrogen and oxygen atoms in total. The molecule has 0 heterocycles. The van der Waals surface area contributed by atoms with E-state index in [9.17, 15) is 4.39 Å². The van der Waals surface area contributed by atoms with Gasteiger partial charge in [0, 0.05) is 19.1 Å². The molecule has 2 atom stereocenters. The highest BCUT2D eigenvalue weighted by Crippen LogP contribution is 2.25. The summed E-state index contributed by atoms with van der Waals surface area (Å²) in [6, 6.07) is 5.93.